The molecule has 0 amide bonds. The highest BCUT2D eigenvalue weighted by atomic mass is 35.5. The SMILES string of the molecule is N#C/C(=N\Nc1ccc2ccccc2c1)c1nc(-c2ccc(Cl)cc2)cs1. The van der Waals surface area contributed by atoms with Crippen molar-refractivity contribution >= 4 is 45.1 Å². The van der Waals surface area contributed by atoms with Gasteiger partial charge < -0.3 is 0 Å². The topological polar surface area (TPSA) is 61.1 Å². The third-order valence-electron chi connectivity index (χ3n) is 4.00. The van der Waals surface area contributed by atoms with E-state index >= 15 is 0 Å². The molecular weight excluding hydrogens is 376 g/mol. The van der Waals surface area contributed by atoms with Crippen LogP contribution in [0.5, 0.6) is 0 Å². The summed E-state index contributed by atoms with van der Waals surface area (Å²) in [7, 11) is 0. The van der Waals surface area contributed by atoms with E-state index in [-0.39, 0.29) is 5.71 Å². The zero-order valence-electron chi connectivity index (χ0n) is 14.1. The Morgan fingerprint density at radius 2 is 1.81 bits per heavy atom. The van der Waals surface area contributed by atoms with Crippen LogP contribution in [0.4, 0.5) is 5.69 Å². The summed E-state index contributed by atoms with van der Waals surface area (Å²) in [6.45, 7) is 0. The highest BCUT2D eigenvalue weighted by molar-refractivity contribution is 7.12. The lowest BCUT2D eigenvalue weighted by molar-refractivity contribution is 1.31. The summed E-state index contributed by atoms with van der Waals surface area (Å²) in [5, 5.41) is 19.1. The predicted octanol–water partition coefficient (Wildman–Crippen LogP) is 5.96. The molecule has 3 aromatic carbocycles. The molecule has 0 fully saturated rings. The van der Waals surface area contributed by atoms with E-state index < -0.39 is 0 Å². The molecule has 0 unspecified atom stereocenters. The average molecular weight is 389 g/mol. The van der Waals surface area contributed by atoms with Crippen LogP contribution in [-0.2, 0) is 0 Å². The van der Waals surface area contributed by atoms with Crippen LogP contribution in [0.25, 0.3) is 22.0 Å². The van der Waals surface area contributed by atoms with Gasteiger partial charge in [0.25, 0.3) is 0 Å². The molecule has 0 radical (unpaired) electrons. The van der Waals surface area contributed by atoms with E-state index in [2.05, 4.69) is 27.6 Å². The summed E-state index contributed by atoms with van der Waals surface area (Å²) in [5.74, 6) is 0. The van der Waals surface area contributed by atoms with Crippen molar-refractivity contribution in [3.8, 4) is 17.3 Å². The lowest BCUT2D eigenvalue weighted by Gasteiger charge is -2.03. The van der Waals surface area contributed by atoms with Crippen LogP contribution >= 0.6 is 22.9 Å². The Morgan fingerprint density at radius 1 is 1.04 bits per heavy atom. The van der Waals surface area contributed by atoms with Crippen molar-refractivity contribution in [2.24, 2.45) is 5.10 Å². The van der Waals surface area contributed by atoms with Crippen molar-refractivity contribution in [2.75, 3.05) is 5.43 Å². The van der Waals surface area contributed by atoms with Crippen LogP contribution in [0.3, 0.4) is 0 Å². The fourth-order valence-corrected chi connectivity index (χ4v) is 3.53. The highest BCUT2D eigenvalue weighted by Gasteiger charge is 2.10. The Bertz CT molecular complexity index is 1170. The number of nitrogens with zero attached hydrogens (tertiary/aromatic N) is 3. The second-order valence-corrected chi connectivity index (χ2v) is 7.09. The highest BCUT2D eigenvalue weighted by Crippen LogP contribution is 2.24. The molecule has 0 saturated carbocycles. The quantitative estimate of drug-likeness (QED) is 0.346. The molecule has 1 N–H and O–H groups in total. The molecule has 0 atom stereocenters. The number of hydrazone groups is 1. The normalized spacial score (nSPS) is 11.3. The molecule has 0 spiro atoms. The second-order valence-electron chi connectivity index (χ2n) is 5.79. The maximum atomic E-state index is 9.47. The number of nitriles is 1. The van der Waals surface area contributed by atoms with Crippen molar-refractivity contribution in [2.45, 2.75) is 0 Å². The summed E-state index contributed by atoms with van der Waals surface area (Å²) in [4.78, 5) is 4.53. The van der Waals surface area contributed by atoms with E-state index in [1.807, 2.05) is 66.0 Å². The van der Waals surface area contributed by atoms with Gasteiger partial charge in [0.05, 0.1) is 11.4 Å². The number of anilines is 1. The van der Waals surface area contributed by atoms with Crippen LogP contribution in [0.15, 0.2) is 77.2 Å². The lowest BCUT2D eigenvalue weighted by Crippen LogP contribution is -2.01. The maximum absolute atomic E-state index is 9.47. The van der Waals surface area contributed by atoms with E-state index in [1.54, 1.807) is 0 Å². The summed E-state index contributed by atoms with van der Waals surface area (Å²) in [6, 6.07) is 23.6. The van der Waals surface area contributed by atoms with Crippen molar-refractivity contribution in [3.05, 3.63) is 82.1 Å². The summed E-state index contributed by atoms with van der Waals surface area (Å²) in [6.07, 6.45) is 0. The molecule has 0 bridgehead atoms. The Kier molecular flexibility index (Phi) is 4.84. The van der Waals surface area contributed by atoms with Crippen LogP contribution in [-0.4, -0.2) is 10.7 Å². The lowest BCUT2D eigenvalue weighted by atomic mass is 10.1. The zero-order chi connectivity index (χ0) is 18.6. The molecule has 6 heteroatoms. The summed E-state index contributed by atoms with van der Waals surface area (Å²) < 4.78 is 0. The number of aromatic nitrogens is 1. The number of benzene rings is 3. The fraction of sp³-hybridized carbons (Fsp3) is 0. The Labute approximate surface area is 165 Å². The minimum Gasteiger partial charge on any atom is -0.277 e. The molecule has 4 rings (SSSR count). The van der Waals surface area contributed by atoms with Gasteiger partial charge >= 0.3 is 0 Å². The maximum Gasteiger partial charge on any atom is 0.196 e. The fourth-order valence-electron chi connectivity index (χ4n) is 2.64. The zero-order valence-corrected chi connectivity index (χ0v) is 15.6. The summed E-state index contributed by atoms with van der Waals surface area (Å²) in [5.41, 5.74) is 5.75. The van der Waals surface area contributed by atoms with Gasteiger partial charge in [-0.05, 0) is 35.0 Å². The Balaban J connectivity index is 1.58. The van der Waals surface area contributed by atoms with Gasteiger partial charge in [0.2, 0.25) is 0 Å². The molecule has 130 valence electrons. The van der Waals surface area contributed by atoms with Gasteiger partial charge in [-0.15, -0.1) is 11.3 Å². The van der Waals surface area contributed by atoms with Gasteiger partial charge in [0, 0.05) is 16.0 Å². The first-order valence-corrected chi connectivity index (χ1v) is 9.43. The van der Waals surface area contributed by atoms with Crippen molar-refractivity contribution in [1.29, 1.82) is 5.26 Å². The van der Waals surface area contributed by atoms with Gasteiger partial charge in [-0.2, -0.15) is 10.4 Å². The third kappa shape index (κ3) is 3.82. The van der Waals surface area contributed by atoms with Gasteiger partial charge in [-0.3, -0.25) is 5.43 Å². The monoisotopic (exact) mass is 388 g/mol. The third-order valence-corrected chi connectivity index (χ3v) is 5.10. The minimum atomic E-state index is 0.244. The molecule has 4 nitrogen and oxygen atoms in total. The molecule has 0 aliphatic heterocycles. The first-order valence-electron chi connectivity index (χ1n) is 8.17. The Morgan fingerprint density at radius 3 is 2.59 bits per heavy atom. The predicted molar refractivity (Wildman–Crippen MR) is 112 cm³/mol. The molecule has 0 saturated heterocycles. The van der Waals surface area contributed by atoms with Crippen LogP contribution in [0.1, 0.15) is 5.01 Å². The number of nitrogens with one attached hydrogen (secondary N) is 1. The van der Waals surface area contributed by atoms with Crippen molar-refractivity contribution in [3.63, 3.8) is 0 Å². The first kappa shape index (κ1) is 17.2. The largest absolute Gasteiger partial charge is 0.277 e. The second kappa shape index (κ2) is 7.58. The van der Waals surface area contributed by atoms with Crippen LogP contribution in [0, 0.1) is 11.3 Å². The van der Waals surface area contributed by atoms with Crippen LogP contribution < -0.4 is 5.43 Å². The van der Waals surface area contributed by atoms with E-state index in [0.29, 0.717) is 10.0 Å². The first-order chi connectivity index (χ1) is 13.2. The van der Waals surface area contributed by atoms with Gasteiger partial charge in [-0.25, -0.2) is 4.98 Å². The minimum absolute atomic E-state index is 0.244. The van der Waals surface area contributed by atoms with Crippen molar-refractivity contribution < 1.29 is 0 Å². The number of thiazole rings is 1. The molecule has 1 heterocycles. The number of fused-ring (bicyclic) bond motifs is 1. The molecule has 0 aliphatic rings. The van der Waals surface area contributed by atoms with E-state index in [9.17, 15) is 5.26 Å². The number of hydrogen-bond acceptors (Lipinski definition) is 5. The Hall–Kier alpha value is -3.20. The number of halogens is 1. The van der Waals surface area contributed by atoms with E-state index in [1.165, 1.54) is 11.3 Å². The average Bonchev–Trinajstić information content (AvgIpc) is 3.19. The van der Waals surface area contributed by atoms with E-state index in [0.717, 1.165) is 27.7 Å². The standard InChI is InChI=1S/C21H13ClN4S/c22-17-8-5-15(6-9-17)20-13-27-21(24-20)19(12-23)26-25-18-10-7-14-3-1-2-4-16(14)11-18/h1-11,13,25H/b26-19+. The smallest absolute Gasteiger partial charge is 0.196 e. The van der Waals surface area contributed by atoms with E-state index in [4.69, 9.17) is 11.6 Å². The van der Waals surface area contributed by atoms with Crippen molar-refractivity contribution in [1.82, 2.24) is 4.98 Å². The molecule has 1 aromatic heterocycles. The summed E-state index contributed by atoms with van der Waals surface area (Å²) >= 11 is 7.31. The van der Waals surface area contributed by atoms with Gasteiger partial charge in [0.1, 0.15) is 6.07 Å². The molecule has 27 heavy (non-hydrogen) atoms. The van der Waals surface area contributed by atoms with Gasteiger partial charge in [-0.1, -0.05) is 54.1 Å². The molecular formula is C21H13ClN4S. The van der Waals surface area contributed by atoms with Crippen LogP contribution in [0.2, 0.25) is 5.02 Å². The number of rotatable bonds is 4. The number of hydrogen-bond donors (Lipinski definition) is 1. The van der Waals surface area contributed by atoms with Gasteiger partial charge in [0.15, 0.2) is 10.7 Å². The molecule has 4 aromatic rings. The molecule has 0 aliphatic carbocycles.